The monoisotopic (exact) mass is 666 g/mol. The van der Waals surface area contributed by atoms with E-state index in [9.17, 15) is 14.4 Å². The van der Waals surface area contributed by atoms with Gasteiger partial charge in [0, 0.05) is 6.42 Å². The molecule has 0 aromatic carbocycles. The van der Waals surface area contributed by atoms with Crippen molar-refractivity contribution in [3.8, 4) is 0 Å². The van der Waals surface area contributed by atoms with Crippen LogP contribution in [0.4, 0.5) is 0 Å². The number of epoxide rings is 1. The van der Waals surface area contributed by atoms with Crippen LogP contribution >= 0.6 is 0 Å². The highest BCUT2D eigenvalue weighted by molar-refractivity contribution is 6.73. The number of carbonyl (C=O) groups excluding carboxylic acids is 3. The summed E-state index contributed by atoms with van der Waals surface area (Å²) in [4.78, 5) is 40.3. The summed E-state index contributed by atoms with van der Waals surface area (Å²) in [5.41, 5.74) is 0.391. The number of esters is 1. The number of fused-ring (bicyclic) bond motifs is 4. The van der Waals surface area contributed by atoms with Crippen molar-refractivity contribution in [3.63, 3.8) is 0 Å². The Labute approximate surface area is 285 Å². The number of hydrogen-bond acceptors (Lipinski definition) is 6. The van der Waals surface area contributed by atoms with E-state index < -0.39 is 19.3 Å². The zero-order chi connectivity index (χ0) is 33.8. The Kier molecular flexibility index (Phi) is 9.96. The van der Waals surface area contributed by atoms with Gasteiger partial charge in [0.2, 0.25) is 0 Å². The van der Waals surface area contributed by atoms with Crippen LogP contribution in [0.2, 0.25) is 18.1 Å². The van der Waals surface area contributed by atoms with Crippen molar-refractivity contribution in [1.29, 1.82) is 0 Å². The molecule has 4 fully saturated rings. The van der Waals surface area contributed by atoms with Crippen LogP contribution in [0.3, 0.4) is 0 Å². The van der Waals surface area contributed by atoms with Gasteiger partial charge in [-0.1, -0.05) is 78.7 Å². The molecule has 7 heteroatoms. The smallest absolute Gasteiger partial charge is 0.336 e. The highest BCUT2D eigenvalue weighted by atomic mass is 28.4. The van der Waals surface area contributed by atoms with E-state index in [1.807, 2.05) is 6.92 Å². The summed E-state index contributed by atoms with van der Waals surface area (Å²) in [6, 6.07) is 3.59. The molecule has 10 atom stereocenters. The fraction of sp³-hybridized carbons (Fsp3) is 0.825. The second-order valence-corrected chi connectivity index (χ2v) is 21.2. The number of allylic oxidation sites excluding steroid dienone is 1. The average Bonchev–Trinajstić information content (AvgIpc) is 3.69. The van der Waals surface area contributed by atoms with Gasteiger partial charge in [-0.2, -0.15) is 0 Å². The number of rotatable bonds is 14. The lowest BCUT2D eigenvalue weighted by molar-refractivity contribution is -0.155. The standard InChI is InChI=1S/C40H62O6Si/c1-8-11-20-47(21-12-9-2,22-13-10-3)44-25-29-26(4)23-33(45-37(29)43)27(5)30-14-15-31-28-24-36-40(46-36)35(42)17-16-34(41)39(40,7)32(28)18-19-38(30,31)6/h16-17,27-28,30-33,36H,8-15,18-25H2,1-7H3/t27-,28-,30+,31-,32-,33+,36+,38+,39-,40+/m0/s1. The molecular weight excluding hydrogens is 605 g/mol. The van der Waals surface area contributed by atoms with Gasteiger partial charge in [-0.3, -0.25) is 9.59 Å². The first kappa shape index (κ1) is 35.3. The van der Waals surface area contributed by atoms with Crippen molar-refractivity contribution in [2.75, 3.05) is 6.61 Å². The van der Waals surface area contributed by atoms with Crippen LogP contribution in [0.15, 0.2) is 23.3 Å². The van der Waals surface area contributed by atoms with Crippen LogP contribution in [-0.2, 0) is 28.3 Å². The quantitative estimate of drug-likeness (QED) is 0.105. The van der Waals surface area contributed by atoms with E-state index in [2.05, 4.69) is 41.5 Å². The van der Waals surface area contributed by atoms with Crippen molar-refractivity contribution in [3.05, 3.63) is 23.3 Å². The van der Waals surface area contributed by atoms with Gasteiger partial charge < -0.3 is 13.9 Å². The van der Waals surface area contributed by atoms with Crippen LogP contribution in [0, 0.1) is 40.4 Å². The van der Waals surface area contributed by atoms with Crippen LogP contribution in [0.1, 0.15) is 126 Å². The van der Waals surface area contributed by atoms with E-state index in [1.165, 1.54) is 68.8 Å². The van der Waals surface area contributed by atoms with Crippen molar-refractivity contribution in [2.45, 2.75) is 161 Å². The Bertz CT molecular complexity index is 1280. The first-order valence-corrected chi connectivity index (χ1v) is 21.9. The minimum Gasteiger partial charge on any atom is -0.458 e. The van der Waals surface area contributed by atoms with Gasteiger partial charge in [0.15, 0.2) is 25.5 Å². The summed E-state index contributed by atoms with van der Waals surface area (Å²) >= 11 is 0. The first-order chi connectivity index (χ1) is 22.4. The Morgan fingerprint density at radius 1 is 0.915 bits per heavy atom. The topological polar surface area (TPSA) is 82.2 Å². The van der Waals surface area contributed by atoms with Crippen LogP contribution in [-0.4, -0.2) is 50.3 Å². The zero-order valence-electron chi connectivity index (χ0n) is 30.5. The molecule has 0 aromatic heterocycles. The molecule has 2 heterocycles. The van der Waals surface area contributed by atoms with Gasteiger partial charge in [-0.05, 0) is 111 Å². The summed E-state index contributed by atoms with van der Waals surface area (Å²) < 4.78 is 19.5. The molecule has 2 aliphatic heterocycles. The lowest BCUT2D eigenvalue weighted by Gasteiger charge is -2.57. The molecule has 0 amide bonds. The molecule has 262 valence electrons. The zero-order valence-corrected chi connectivity index (χ0v) is 31.5. The minimum absolute atomic E-state index is 0.00229. The van der Waals surface area contributed by atoms with E-state index in [-0.39, 0.29) is 47.0 Å². The second-order valence-electron chi connectivity index (χ2n) is 17.0. The van der Waals surface area contributed by atoms with Gasteiger partial charge >= 0.3 is 5.97 Å². The van der Waals surface area contributed by atoms with Gasteiger partial charge in [-0.25, -0.2) is 4.79 Å². The lowest BCUT2D eigenvalue weighted by Crippen LogP contribution is -2.62. The molecular formula is C40H62O6Si. The van der Waals surface area contributed by atoms with Gasteiger partial charge in [0.1, 0.15) is 6.10 Å². The third-order valence-electron chi connectivity index (χ3n) is 14.7. The Balaban J connectivity index is 1.15. The van der Waals surface area contributed by atoms with Crippen molar-refractivity contribution in [1.82, 2.24) is 0 Å². The van der Waals surface area contributed by atoms with Gasteiger partial charge in [0.25, 0.3) is 0 Å². The fourth-order valence-corrected chi connectivity index (χ4v) is 16.4. The third kappa shape index (κ3) is 5.61. The summed E-state index contributed by atoms with van der Waals surface area (Å²) in [7, 11) is -1.93. The van der Waals surface area contributed by atoms with E-state index in [0.717, 1.165) is 49.7 Å². The van der Waals surface area contributed by atoms with Crippen molar-refractivity contribution >= 4 is 25.9 Å². The Morgan fingerprint density at radius 3 is 2.17 bits per heavy atom. The van der Waals surface area contributed by atoms with E-state index in [1.54, 1.807) is 0 Å². The lowest BCUT2D eigenvalue weighted by atomic mass is 9.44. The average molecular weight is 667 g/mol. The molecule has 4 aliphatic carbocycles. The van der Waals surface area contributed by atoms with Crippen LogP contribution in [0.25, 0.3) is 0 Å². The molecule has 0 bridgehead atoms. The number of ether oxygens (including phenoxy) is 2. The maximum atomic E-state index is 13.7. The highest BCUT2D eigenvalue weighted by Crippen LogP contribution is 2.72. The minimum atomic E-state index is -1.93. The van der Waals surface area contributed by atoms with Crippen LogP contribution in [0.5, 0.6) is 0 Å². The van der Waals surface area contributed by atoms with Gasteiger partial charge in [0.05, 0.1) is 23.7 Å². The van der Waals surface area contributed by atoms with Crippen molar-refractivity contribution in [2.24, 2.45) is 40.4 Å². The second kappa shape index (κ2) is 13.3. The Morgan fingerprint density at radius 2 is 1.55 bits per heavy atom. The fourth-order valence-electron chi connectivity index (χ4n) is 11.8. The third-order valence-corrected chi connectivity index (χ3v) is 19.3. The highest BCUT2D eigenvalue weighted by Gasteiger charge is 2.80. The van der Waals surface area contributed by atoms with E-state index >= 15 is 0 Å². The molecule has 1 spiro atoms. The molecule has 0 aromatic rings. The molecule has 6 nitrogen and oxygen atoms in total. The number of unbranched alkanes of at least 4 members (excludes halogenated alkanes) is 3. The Hall–Kier alpha value is -1.57. The van der Waals surface area contributed by atoms with Gasteiger partial charge in [-0.15, -0.1) is 0 Å². The van der Waals surface area contributed by atoms with E-state index in [4.69, 9.17) is 13.9 Å². The molecule has 0 unspecified atom stereocenters. The number of cyclic esters (lactones) is 1. The van der Waals surface area contributed by atoms with E-state index in [0.29, 0.717) is 24.4 Å². The SMILES string of the molecule is CCCC[Si](CCCC)(CCCC)OCC1=C(C)C[C@H]([C@@H](C)[C@H]2CC[C@H]3[C@@H]4C[C@H]5O[C@]56C(=O)C=CC(=O)[C@]6(C)[C@H]4CC[C@]23C)OC1=O. The first-order valence-electron chi connectivity index (χ1n) is 19.4. The molecule has 0 radical (unpaired) electrons. The molecule has 3 saturated carbocycles. The largest absolute Gasteiger partial charge is 0.458 e. The number of carbonyl (C=O) groups is 3. The maximum Gasteiger partial charge on any atom is 0.336 e. The number of ketones is 2. The molecule has 6 rings (SSSR count). The summed E-state index contributed by atoms with van der Waals surface area (Å²) in [6.45, 7) is 16.2. The predicted molar refractivity (Wildman–Crippen MR) is 187 cm³/mol. The molecule has 1 saturated heterocycles. The molecule has 47 heavy (non-hydrogen) atoms. The summed E-state index contributed by atoms with van der Waals surface area (Å²) in [5.74, 6) is 1.69. The molecule has 6 aliphatic rings. The molecule has 0 N–H and O–H groups in total. The van der Waals surface area contributed by atoms with Crippen LogP contribution < -0.4 is 0 Å². The maximum absolute atomic E-state index is 13.7. The van der Waals surface area contributed by atoms with Crippen molar-refractivity contribution < 1.29 is 28.3 Å². The summed E-state index contributed by atoms with van der Waals surface area (Å²) in [5, 5.41) is 0. The normalized spacial score (nSPS) is 40.0. The number of hydrogen-bond donors (Lipinski definition) is 0. The predicted octanol–water partition coefficient (Wildman–Crippen LogP) is 8.93. The summed E-state index contributed by atoms with van der Waals surface area (Å²) in [6.07, 6.45) is 15.9.